The van der Waals surface area contributed by atoms with Gasteiger partial charge in [-0.05, 0) is 53.2 Å². The Morgan fingerprint density at radius 3 is 2.72 bits per heavy atom. The largest absolute Gasteiger partial charge is 0.321 e. The number of hydrogen-bond acceptors (Lipinski definition) is 6. The maximum atomic E-state index is 12.4. The Morgan fingerprint density at radius 2 is 1.96 bits per heavy atom. The lowest BCUT2D eigenvalue weighted by Crippen LogP contribution is -2.14. The van der Waals surface area contributed by atoms with Gasteiger partial charge in [0.2, 0.25) is 0 Å². The number of amides is 1. The van der Waals surface area contributed by atoms with Crippen LogP contribution in [-0.4, -0.2) is 36.1 Å². The first kappa shape index (κ1) is 14.9. The van der Waals surface area contributed by atoms with Gasteiger partial charge in [0.1, 0.15) is 12.0 Å². The van der Waals surface area contributed by atoms with Crippen molar-refractivity contribution in [2.45, 2.75) is 6.92 Å². The molecule has 2 aromatic carbocycles. The van der Waals surface area contributed by atoms with E-state index >= 15 is 0 Å². The minimum absolute atomic E-state index is 0.265. The Morgan fingerprint density at radius 1 is 1.12 bits per heavy atom. The van der Waals surface area contributed by atoms with Crippen molar-refractivity contribution in [3.63, 3.8) is 0 Å². The molecule has 4 aromatic rings. The molecule has 0 bridgehead atoms. The van der Waals surface area contributed by atoms with Gasteiger partial charge in [0.25, 0.3) is 5.91 Å². The zero-order chi connectivity index (χ0) is 17.2. The van der Waals surface area contributed by atoms with E-state index in [1.165, 1.54) is 12.5 Å². The number of anilines is 1. The summed E-state index contributed by atoms with van der Waals surface area (Å²) in [5.41, 5.74) is 4.12. The van der Waals surface area contributed by atoms with Gasteiger partial charge < -0.3 is 5.32 Å². The van der Waals surface area contributed by atoms with E-state index in [0.29, 0.717) is 11.2 Å². The Hall–Kier alpha value is -3.68. The number of rotatable bonds is 3. The molecule has 2 aromatic heterocycles. The summed E-state index contributed by atoms with van der Waals surface area (Å²) in [5, 5.41) is 13.9. The molecular formula is C17H13N7O. The van der Waals surface area contributed by atoms with Gasteiger partial charge in [-0.2, -0.15) is 0 Å². The summed E-state index contributed by atoms with van der Waals surface area (Å²) in [6.07, 6.45) is 2.99. The van der Waals surface area contributed by atoms with Crippen LogP contribution < -0.4 is 5.32 Å². The molecule has 0 fully saturated rings. The maximum Gasteiger partial charge on any atom is 0.275 e. The first-order valence-electron chi connectivity index (χ1n) is 7.58. The molecule has 0 unspecified atom stereocenters. The molecule has 4 rings (SSSR count). The van der Waals surface area contributed by atoms with Crippen LogP contribution in [0.2, 0.25) is 0 Å². The highest BCUT2D eigenvalue weighted by Gasteiger charge is 2.11. The van der Waals surface area contributed by atoms with Crippen LogP contribution in [0.5, 0.6) is 0 Å². The van der Waals surface area contributed by atoms with Crippen LogP contribution in [0.3, 0.4) is 0 Å². The van der Waals surface area contributed by atoms with Crippen LogP contribution in [-0.2, 0) is 0 Å². The van der Waals surface area contributed by atoms with Crippen molar-refractivity contribution in [1.82, 2.24) is 30.2 Å². The minimum atomic E-state index is -0.312. The lowest BCUT2D eigenvalue weighted by atomic mass is 10.1. The smallest absolute Gasteiger partial charge is 0.275 e. The van der Waals surface area contributed by atoms with E-state index in [0.717, 1.165) is 16.8 Å². The normalized spacial score (nSPS) is 10.8. The molecule has 8 heteroatoms. The standard InChI is InChI=1S/C17H13N7O/c1-11-8-12(6-7-16(11)24-10-19-22-23-24)20-17(25)15-9-18-13-4-2-3-5-14(13)21-15/h2-10H,1H3,(H,20,25). The van der Waals surface area contributed by atoms with E-state index in [1.54, 1.807) is 10.7 Å². The van der Waals surface area contributed by atoms with Crippen LogP contribution >= 0.6 is 0 Å². The number of carbonyl (C=O) groups excluding carboxylic acids is 1. The molecule has 25 heavy (non-hydrogen) atoms. The average molecular weight is 331 g/mol. The number of nitrogens with one attached hydrogen (secondary N) is 1. The molecule has 0 aliphatic rings. The summed E-state index contributed by atoms with van der Waals surface area (Å²) in [6.45, 7) is 1.92. The highest BCUT2D eigenvalue weighted by atomic mass is 16.1. The van der Waals surface area contributed by atoms with Gasteiger partial charge in [-0.15, -0.1) is 5.10 Å². The van der Waals surface area contributed by atoms with E-state index in [4.69, 9.17) is 0 Å². The van der Waals surface area contributed by atoms with Crippen LogP contribution in [0.25, 0.3) is 16.7 Å². The molecular weight excluding hydrogens is 318 g/mol. The number of aromatic nitrogens is 6. The first-order valence-corrected chi connectivity index (χ1v) is 7.58. The maximum absolute atomic E-state index is 12.4. The first-order chi connectivity index (χ1) is 12.2. The molecule has 0 radical (unpaired) electrons. The topological polar surface area (TPSA) is 98.5 Å². The van der Waals surface area contributed by atoms with Crippen molar-refractivity contribution in [2.75, 3.05) is 5.32 Å². The Kier molecular flexibility index (Phi) is 3.62. The summed E-state index contributed by atoms with van der Waals surface area (Å²) >= 11 is 0. The van der Waals surface area contributed by atoms with Gasteiger partial charge >= 0.3 is 0 Å². The monoisotopic (exact) mass is 331 g/mol. The molecule has 8 nitrogen and oxygen atoms in total. The fourth-order valence-corrected chi connectivity index (χ4v) is 2.52. The summed E-state index contributed by atoms with van der Waals surface area (Å²) in [4.78, 5) is 21.0. The Labute approximate surface area is 142 Å². The SMILES string of the molecule is Cc1cc(NC(=O)c2cnc3ccccc3n2)ccc1-n1cnnn1. The lowest BCUT2D eigenvalue weighted by molar-refractivity contribution is 0.102. The lowest BCUT2D eigenvalue weighted by Gasteiger charge is -2.09. The molecule has 1 N–H and O–H groups in total. The molecule has 0 saturated carbocycles. The Bertz CT molecular complexity index is 1060. The Balaban J connectivity index is 1.58. The van der Waals surface area contributed by atoms with Gasteiger partial charge in [-0.25, -0.2) is 9.67 Å². The fraction of sp³-hybridized carbons (Fsp3) is 0.0588. The molecule has 0 spiro atoms. The van der Waals surface area contributed by atoms with Crippen LogP contribution in [0.1, 0.15) is 16.1 Å². The van der Waals surface area contributed by atoms with Crippen molar-refractivity contribution in [3.8, 4) is 5.69 Å². The number of carbonyl (C=O) groups is 1. The third kappa shape index (κ3) is 2.92. The summed E-state index contributed by atoms with van der Waals surface area (Å²) in [5.74, 6) is -0.312. The third-order valence-corrected chi connectivity index (χ3v) is 3.73. The van der Waals surface area contributed by atoms with Crippen LogP contribution in [0.4, 0.5) is 5.69 Å². The van der Waals surface area contributed by atoms with E-state index in [-0.39, 0.29) is 11.6 Å². The quantitative estimate of drug-likeness (QED) is 0.618. The molecule has 122 valence electrons. The van der Waals surface area contributed by atoms with E-state index < -0.39 is 0 Å². The predicted molar refractivity (Wildman–Crippen MR) is 91.4 cm³/mol. The number of hydrogen-bond donors (Lipinski definition) is 1. The van der Waals surface area contributed by atoms with Gasteiger partial charge in [0.05, 0.1) is 22.9 Å². The number of benzene rings is 2. The fourth-order valence-electron chi connectivity index (χ4n) is 2.52. The van der Waals surface area contributed by atoms with Crippen molar-refractivity contribution in [3.05, 3.63) is 66.2 Å². The second kappa shape index (κ2) is 6.08. The van der Waals surface area contributed by atoms with Crippen LogP contribution in [0, 0.1) is 6.92 Å². The summed E-state index contributed by atoms with van der Waals surface area (Å²) in [7, 11) is 0. The molecule has 0 aliphatic heterocycles. The highest BCUT2D eigenvalue weighted by molar-refractivity contribution is 6.03. The van der Waals surface area contributed by atoms with Gasteiger partial charge in [0.15, 0.2) is 0 Å². The zero-order valence-electron chi connectivity index (χ0n) is 13.3. The number of fused-ring (bicyclic) bond motifs is 1. The van der Waals surface area contributed by atoms with Crippen molar-refractivity contribution in [2.24, 2.45) is 0 Å². The molecule has 0 aliphatic carbocycles. The van der Waals surface area contributed by atoms with Gasteiger partial charge in [0, 0.05) is 5.69 Å². The van der Waals surface area contributed by atoms with Crippen molar-refractivity contribution in [1.29, 1.82) is 0 Å². The van der Waals surface area contributed by atoms with Crippen molar-refractivity contribution < 1.29 is 4.79 Å². The summed E-state index contributed by atoms with van der Waals surface area (Å²) < 4.78 is 1.57. The second-order valence-corrected chi connectivity index (χ2v) is 5.45. The van der Waals surface area contributed by atoms with E-state index in [1.807, 2.05) is 43.3 Å². The number of aryl methyl sites for hydroxylation is 1. The second-order valence-electron chi connectivity index (χ2n) is 5.45. The number of nitrogens with zero attached hydrogens (tertiary/aromatic N) is 6. The molecule has 1 amide bonds. The van der Waals surface area contributed by atoms with E-state index in [2.05, 4.69) is 30.8 Å². The molecule has 0 atom stereocenters. The van der Waals surface area contributed by atoms with Crippen molar-refractivity contribution >= 4 is 22.6 Å². The number of para-hydroxylation sites is 2. The van der Waals surface area contributed by atoms with E-state index in [9.17, 15) is 4.79 Å². The highest BCUT2D eigenvalue weighted by Crippen LogP contribution is 2.18. The van der Waals surface area contributed by atoms with Gasteiger partial charge in [-0.1, -0.05) is 12.1 Å². The zero-order valence-corrected chi connectivity index (χ0v) is 13.3. The predicted octanol–water partition coefficient (Wildman–Crippen LogP) is 2.17. The number of tetrazole rings is 1. The average Bonchev–Trinajstić information content (AvgIpc) is 3.15. The summed E-state index contributed by atoms with van der Waals surface area (Å²) in [6, 6.07) is 12.9. The van der Waals surface area contributed by atoms with Crippen LogP contribution in [0.15, 0.2) is 55.0 Å². The van der Waals surface area contributed by atoms with Gasteiger partial charge in [-0.3, -0.25) is 9.78 Å². The molecule has 0 saturated heterocycles. The molecule has 2 heterocycles. The minimum Gasteiger partial charge on any atom is -0.321 e. The third-order valence-electron chi connectivity index (χ3n) is 3.73.